The van der Waals surface area contributed by atoms with Crippen molar-refractivity contribution >= 4 is 0 Å². The van der Waals surface area contributed by atoms with Gasteiger partial charge in [-0.1, -0.05) is 57.0 Å². The second-order valence-electron chi connectivity index (χ2n) is 3.79. The Morgan fingerprint density at radius 1 is 0.824 bits per heavy atom. The van der Waals surface area contributed by atoms with Gasteiger partial charge in [0.25, 0.3) is 0 Å². The molecule has 17 heavy (non-hydrogen) atoms. The second-order valence-corrected chi connectivity index (χ2v) is 3.79. The summed E-state index contributed by atoms with van der Waals surface area (Å²) < 4.78 is 0. The van der Waals surface area contributed by atoms with Gasteiger partial charge in [0.15, 0.2) is 0 Å². The Morgan fingerprint density at radius 3 is 1.41 bits per heavy atom. The summed E-state index contributed by atoms with van der Waals surface area (Å²) in [6, 6.07) is 6.50. The quantitative estimate of drug-likeness (QED) is 0.467. The molecule has 0 spiro atoms. The monoisotopic (exact) mass is 236 g/mol. The first kappa shape index (κ1) is 21.3. The Hall–Kier alpha value is -1.04. The average molecular weight is 236 g/mol. The highest BCUT2D eigenvalue weighted by atomic mass is 13.9. The summed E-state index contributed by atoms with van der Waals surface area (Å²) in [5.74, 6) is 0. The lowest BCUT2D eigenvalue weighted by molar-refractivity contribution is 1.30. The fourth-order valence-corrected chi connectivity index (χ4v) is 0.891. The van der Waals surface area contributed by atoms with Crippen molar-refractivity contribution in [1.82, 2.24) is 0 Å². The van der Waals surface area contributed by atoms with E-state index < -0.39 is 0 Å². The fraction of sp³-hybridized carbons (Fsp3) is 0.529. The molecule has 0 N–H and O–H groups in total. The van der Waals surface area contributed by atoms with E-state index in [0.29, 0.717) is 0 Å². The summed E-state index contributed by atoms with van der Waals surface area (Å²) in [5.41, 5.74) is 5.27. The van der Waals surface area contributed by atoms with Crippen LogP contribution in [0, 0.1) is 20.8 Å². The first-order chi connectivity index (χ1) is 7.93. The molecule has 0 bridgehead atoms. The molecule has 0 heteroatoms. The largest absolute Gasteiger partial charge is 0.100 e. The molecule has 0 unspecified atom stereocenters. The van der Waals surface area contributed by atoms with Crippen LogP contribution in [-0.4, -0.2) is 0 Å². The van der Waals surface area contributed by atoms with Crippen molar-refractivity contribution in [2.45, 2.75) is 62.3 Å². The van der Waals surface area contributed by atoms with Gasteiger partial charge in [-0.25, -0.2) is 0 Å². The molecule has 0 atom stereocenters. The van der Waals surface area contributed by atoms with Crippen LogP contribution in [0.15, 0.2) is 30.4 Å². The third kappa shape index (κ3) is 17.6. The van der Waals surface area contributed by atoms with E-state index in [-0.39, 0.29) is 0 Å². The Kier molecular flexibility index (Phi) is 18.7. The minimum atomic E-state index is 1.17. The van der Waals surface area contributed by atoms with Crippen LogP contribution in [0.25, 0.3) is 0 Å². The van der Waals surface area contributed by atoms with Gasteiger partial charge in [0.1, 0.15) is 0 Å². The molecule has 0 nitrogen and oxygen atoms in total. The number of aryl methyl sites for hydroxylation is 3. The van der Waals surface area contributed by atoms with Crippen LogP contribution in [0.5, 0.6) is 0 Å². The van der Waals surface area contributed by atoms with E-state index in [1.807, 2.05) is 41.5 Å². The molecular formula is C17H32. The van der Waals surface area contributed by atoms with Crippen molar-refractivity contribution < 1.29 is 0 Å². The molecule has 100 valence electrons. The van der Waals surface area contributed by atoms with E-state index >= 15 is 0 Å². The Morgan fingerprint density at radius 2 is 1.18 bits per heavy atom. The van der Waals surface area contributed by atoms with Gasteiger partial charge in [-0.2, -0.15) is 0 Å². The van der Waals surface area contributed by atoms with Gasteiger partial charge in [-0.3, -0.25) is 0 Å². The number of hydrogen-bond acceptors (Lipinski definition) is 0. The van der Waals surface area contributed by atoms with Crippen LogP contribution >= 0.6 is 0 Å². The lowest BCUT2D eigenvalue weighted by Gasteiger charge is -1.98. The van der Waals surface area contributed by atoms with E-state index in [9.17, 15) is 0 Å². The highest BCUT2D eigenvalue weighted by Gasteiger charge is 1.89. The zero-order chi connectivity index (χ0) is 14.4. The summed E-state index contributed by atoms with van der Waals surface area (Å²) >= 11 is 0. The average Bonchev–Trinajstić information content (AvgIpc) is 2.29. The lowest BCUT2D eigenvalue weighted by atomic mass is 10.1. The van der Waals surface area contributed by atoms with Gasteiger partial charge >= 0.3 is 0 Å². The number of rotatable bonds is 0. The van der Waals surface area contributed by atoms with Gasteiger partial charge in [-0.05, 0) is 45.7 Å². The van der Waals surface area contributed by atoms with Gasteiger partial charge in [0, 0.05) is 0 Å². The second kappa shape index (κ2) is 15.0. The minimum Gasteiger partial charge on any atom is -0.100 e. The molecule has 0 saturated carbocycles. The van der Waals surface area contributed by atoms with Crippen LogP contribution in [-0.2, 0) is 0 Å². The Labute approximate surface area is 110 Å². The van der Waals surface area contributed by atoms with E-state index in [1.54, 1.807) is 0 Å². The first-order valence-corrected chi connectivity index (χ1v) is 6.59. The Balaban J connectivity index is -0.000000208. The molecule has 1 rings (SSSR count). The predicted molar refractivity (Wildman–Crippen MR) is 83.8 cm³/mol. The van der Waals surface area contributed by atoms with Crippen molar-refractivity contribution in [3.8, 4) is 0 Å². The lowest BCUT2D eigenvalue weighted by Crippen LogP contribution is -1.79. The van der Waals surface area contributed by atoms with Gasteiger partial charge in [0.2, 0.25) is 0 Å². The van der Waals surface area contributed by atoms with Crippen LogP contribution < -0.4 is 0 Å². The van der Waals surface area contributed by atoms with E-state index in [0.717, 1.165) is 0 Å². The third-order valence-corrected chi connectivity index (χ3v) is 1.66. The SMILES string of the molecule is C=C(C)C.CC.CC.Cc1ccc(C)c(C)c1. The summed E-state index contributed by atoms with van der Waals surface area (Å²) in [5, 5.41) is 0. The zero-order valence-electron chi connectivity index (χ0n) is 13.4. The van der Waals surface area contributed by atoms with E-state index in [1.165, 1.54) is 22.3 Å². The molecule has 0 aromatic heterocycles. The molecule has 0 amide bonds. The fourth-order valence-electron chi connectivity index (χ4n) is 0.891. The maximum absolute atomic E-state index is 3.56. The smallest absolute Gasteiger partial charge is 0.0395 e. The van der Waals surface area contributed by atoms with Crippen LogP contribution in [0.3, 0.4) is 0 Å². The van der Waals surface area contributed by atoms with Crippen molar-refractivity contribution in [2.24, 2.45) is 0 Å². The molecular weight excluding hydrogens is 204 g/mol. The van der Waals surface area contributed by atoms with E-state index in [4.69, 9.17) is 0 Å². The maximum atomic E-state index is 3.56. The summed E-state index contributed by atoms with van der Waals surface area (Å²) in [6.45, 7) is 21.9. The standard InChI is InChI=1S/C9H12.C4H8.2C2H6/c1-7-4-5-8(2)9(3)6-7;1-4(2)3;2*1-2/h4-6H,1-3H3;1H2,2-3H3;2*1-2H3. The van der Waals surface area contributed by atoms with Crippen molar-refractivity contribution in [3.05, 3.63) is 47.0 Å². The molecule has 0 aliphatic rings. The molecule has 0 fully saturated rings. The van der Waals surface area contributed by atoms with Gasteiger partial charge < -0.3 is 0 Å². The van der Waals surface area contributed by atoms with Crippen molar-refractivity contribution in [2.75, 3.05) is 0 Å². The van der Waals surface area contributed by atoms with Crippen LogP contribution in [0.1, 0.15) is 58.2 Å². The summed E-state index contributed by atoms with van der Waals surface area (Å²) in [4.78, 5) is 0. The van der Waals surface area contributed by atoms with E-state index in [2.05, 4.69) is 45.5 Å². The Bertz CT molecular complexity index is 278. The molecule has 0 aliphatic carbocycles. The molecule has 1 aromatic rings. The maximum Gasteiger partial charge on any atom is -0.0395 e. The summed E-state index contributed by atoms with van der Waals surface area (Å²) in [7, 11) is 0. The van der Waals surface area contributed by atoms with Gasteiger partial charge in [0.05, 0.1) is 0 Å². The zero-order valence-corrected chi connectivity index (χ0v) is 13.4. The molecule has 0 heterocycles. The van der Waals surface area contributed by atoms with Crippen molar-refractivity contribution in [1.29, 1.82) is 0 Å². The molecule has 1 aromatic carbocycles. The number of allylic oxidation sites excluding steroid dienone is 1. The number of benzene rings is 1. The van der Waals surface area contributed by atoms with Crippen molar-refractivity contribution in [3.63, 3.8) is 0 Å². The third-order valence-electron chi connectivity index (χ3n) is 1.66. The molecule has 0 radical (unpaired) electrons. The van der Waals surface area contributed by atoms with Gasteiger partial charge in [-0.15, -0.1) is 6.58 Å². The minimum absolute atomic E-state index is 1.17. The first-order valence-electron chi connectivity index (χ1n) is 6.59. The van der Waals surface area contributed by atoms with Crippen LogP contribution in [0.4, 0.5) is 0 Å². The summed E-state index contributed by atoms with van der Waals surface area (Å²) in [6.07, 6.45) is 0. The predicted octanol–water partition coefficient (Wildman–Crippen LogP) is 6.25. The highest BCUT2D eigenvalue weighted by molar-refractivity contribution is 5.28. The normalized spacial score (nSPS) is 7.35. The van der Waals surface area contributed by atoms with Crippen LogP contribution in [0.2, 0.25) is 0 Å². The topological polar surface area (TPSA) is 0 Å². The molecule has 0 aliphatic heterocycles. The highest BCUT2D eigenvalue weighted by Crippen LogP contribution is 2.07. The number of hydrogen-bond donors (Lipinski definition) is 0. The molecule has 0 saturated heterocycles.